The molecule has 1 heterocycles. The molecule has 0 aliphatic heterocycles. The average Bonchev–Trinajstić information content (AvgIpc) is 2.87. The van der Waals surface area contributed by atoms with Gasteiger partial charge in [-0.3, -0.25) is 14.6 Å². The van der Waals surface area contributed by atoms with E-state index in [0.29, 0.717) is 12.1 Å². The minimum absolute atomic E-state index is 0.0224. The summed E-state index contributed by atoms with van der Waals surface area (Å²) < 4.78 is 79.7. The van der Waals surface area contributed by atoms with Crippen molar-refractivity contribution < 1.29 is 35.9 Å². The molecule has 0 saturated heterocycles. The molecule has 2 amide bonds. The number of aromatic nitrogens is 1. The van der Waals surface area contributed by atoms with Crippen molar-refractivity contribution in [2.45, 2.75) is 31.2 Å². The Bertz CT molecular complexity index is 1180. The molecular formula is C26H23F6N3O2. The summed E-state index contributed by atoms with van der Waals surface area (Å²) in [5.41, 5.74) is -2.90. The zero-order valence-corrected chi connectivity index (χ0v) is 19.6. The van der Waals surface area contributed by atoms with Crippen LogP contribution in [-0.2, 0) is 18.8 Å². The third kappa shape index (κ3) is 7.55. The molecule has 1 N–H and O–H groups in total. The van der Waals surface area contributed by atoms with Gasteiger partial charge in [-0.15, -0.1) is 0 Å². The Labute approximate surface area is 209 Å². The molecule has 0 spiro atoms. The molecule has 0 aliphatic rings. The zero-order chi connectivity index (χ0) is 27.2. The fourth-order valence-corrected chi connectivity index (χ4v) is 3.71. The van der Waals surface area contributed by atoms with Gasteiger partial charge in [-0.25, -0.2) is 0 Å². The predicted octanol–water partition coefficient (Wildman–Crippen LogP) is 5.62. The van der Waals surface area contributed by atoms with E-state index in [1.807, 2.05) is 0 Å². The summed E-state index contributed by atoms with van der Waals surface area (Å²) in [7, 11) is 1.31. The van der Waals surface area contributed by atoms with Crippen LogP contribution in [0.25, 0.3) is 0 Å². The summed E-state index contributed by atoms with van der Waals surface area (Å²) in [6.45, 7) is 0.0842. The number of carbonyl (C=O) groups is 2. The number of pyridine rings is 1. The monoisotopic (exact) mass is 523 g/mol. The minimum Gasteiger partial charge on any atom is -0.351 e. The summed E-state index contributed by atoms with van der Waals surface area (Å²) >= 11 is 0. The molecule has 0 aliphatic carbocycles. The Morgan fingerprint density at radius 3 is 2.03 bits per heavy atom. The molecule has 3 aromatic rings. The number of hydrogen-bond acceptors (Lipinski definition) is 3. The third-order valence-corrected chi connectivity index (χ3v) is 5.68. The first-order chi connectivity index (χ1) is 17.4. The summed E-state index contributed by atoms with van der Waals surface area (Å²) in [5, 5.41) is 2.67. The summed E-state index contributed by atoms with van der Waals surface area (Å²) in [4.78, 5) is 30.5. The lowest BCUT2D eigenvalue weighted by molar-refractivity contribution is -0.143. The first-order valence-electron chi connectivity index (χ1n) is 11.2. The van der Waals surface area contributed by atoms with Gasteiger partial charge in [-0.1, -0.05) is 36.4 Å². The molecule has 196 valence electrons. The van der Waals surface area contributed by atoms with Crippen LogP contribution in [0.5, 0.6) is 0 Å². The quantitative estimate of drug-likeness (QED) is 0.390. The molecule has 1 atom stereocenters. The number of halogens is 6. The first kappa shape index (κ1) is 27.7. The van der Waals surface area contributed by atoms with Gasteiger partial charge in [0.15, 0.2) is 0 Å². The Morgan fingerprint density at radius 1 is 0.892 bits per heavy atom. The molecular weight excluding hydrogens is 500 g/mol. The Balaban J connectivity index is 1.85. The Hall–Kier alpha value is -3.89. The van der Waals surface area contributed by atoms with Crippen LogP contribution in [0.2, 0.25) is 0 Å². The molecule has 11 heteroatoms. The molecule has 0 fully saturated rings. The predicted molar refractivity (Wildman–Crippen MR) is 124 cm³/mol. The molecule has 37 heavy (non-hydrogen) atoms. The number of rotatable bonds is 8. The van der Waals surface area contributed by atoms with Gasteiger partial charge < -0.3 is 10.2 Å². The topological polar surface area (TPSA) is 62.3 Å². The normalized spacial score (nSPS) is 12.6. The maximum Gasteiger partial charge on any atom is 0.416 e. The molecule has 0 bridgehead atoms. The van der Waals surface area contributed by atoms with E-state index >= 15 is 0 Å². The van der Waals surface area contributed by atoms with Crippen LogP contribution in [0.1, 0.15) is 44.0 Å². The van der Waals surface area contributed by atoms with Gasteiger partial charge in [-0.2, -0.15) is 26.3 Å². The lowest BCUT2D eigenvalue weighted by atomic mass is 9.99. The zero-order valence-electron chi connectivity index (χ0n) is 19.6. The van der Waals surface area contributed by atoms with Crippen molar-refractivity contribution in [2.24, 2.45) is 0 Å². The van der Waals surface area contributed by atoms with Gasteiger partial charge in [0.1, 0.15) is 5.69 Å². The Morgan fingerprint density at radius 2 is 1.49 bits per heavy atom. The molecule has 0 radical (unpaired) electrons. The van der Waals surface area contributed by atoms with Gasteiger partial charge >= 0.3 is 12.4 Å². The highest BCUT2D eigenvalue weighted by Crippen LogP contribution is 2.36. The number of hydrogen-bond donors (Lipinski definition) is 1. The van der Waals surface area contributed by atoms with E-state index in [2.05, 4.69) is 10.3 Å². The molecule has 1 aromatic heterocycles. The van der Waals surface area contributed by atoms with Crippen molar-refractivity contribution in [3.63, 3.8) is 0 Å². The van der Waals surface area contributed by atoms with Gasteiger partial charge in [0.05, 0.1) is 11.1 Å². The molecule has 5 nitrogen and oxygen atoms in total. The fourth-order valence-electron chi connectivity index (χ4n) is 3.71. The lowest BCUT2D eigenvalue weighted by Crippen LogP contribution is -2.41. The van der Waals surface area contributed by atoms with Crippen molar-refractivity contribution in [2.75, 3.05) is 13.6 Å². The number of benzene rings is 2. The van der Waals surface area contributed by atoms with Crippen molar-refractivity contribution in [3.05, 3.63) is 101 Å². The molecule has 3 rings (SSSR count). The lowest BCUT2D eigenvalue weighted by Gasteiger charge is -2.29. The maximum absolute atomic E-state index is 13.3. The van der Waals surface area contributed by atoms with Crippen molar-refractivity contribution in [3.8, 4) is 0 Å². The first-order valence-corrected chi connectivity index (χ1v) is 11.2. The van der Waals surface area contributed by atoms with E-state index in [1.54, 1.807) is 42.5 Å². The van der Waals surface area contributed by atoms with Crippen LogP contribution in [0.15, 0.2) is 72.9 Å². The number of amides is 2. The average molecular weight is 523 g/mol. The van der Waals surface area contributed by atoms with E-state index in [-0.39, 0.29) is 31.1 Å². The summed E-state index contributed by atoms with van der Waals surface area (Å²) in [6.07, 6.45) is -8.26. The summed E-state index contributed by atoms with van der Waals surface area (Å²) in [5.74, 6) is -1.46. The van der Waals surface area contributed by atoms with Crippen LogP contribution in [-0.4, -0.2) is 41.3 Å². The third-order valence-electron chi connectivity index (χ3n) is 5.68. The van der Waals surface area contributed by atoms with Crippen LogP contribution in [0.3, 0.4) is 0 Å². The number of carbonyl (C=O) groups excluding carboxylic acids is 2. The van der Waals surface area contributed by atoms with Crippen molar-refractivity contribution >= 4 is 11.8 Å². The fraction of sp³-hybridized carbons (Fsp3) is 0.269. The number of alkyl halides is 6. The van der Waals surface area contributed by atoms with Gasteiger partial charge in [-0.05, 0) is 48.7 Å². The molecule has 2 aromatic carbocycles. The standard InChI is InChI=1S/C26H23F6N3O2/c1-35(24(37)18-14-19(25(27,28)29)16-20(15-18)26(30,31)32)21(13-17-7-3-2-4-8-17)10-12-34-23(36)22-9-5-6-11-33-22/h2-9,11,14-16,21H,10,12-13H2,1H3,(H,34,36). The highest BCUT2D eigenvalue weighted by atomic mass is 19.4. The molecule has 0 saturated carbocycles. The van der Waals surface area contributed by atoms with E-state index < -0.39 is 46.9 Å². The van der Waals surface area contributed by atoms with E-state index in [0.717, 1.165) is 10.5 Å². The van der Waals surface area contributed by atoms with Crippen LogP contribution >= 0.6 is 0 Å². The van der Waals surface area contributed by atoms with Crippen LogP contribution < -0.4 is 5.32 Å². The minimum atomic E-state index is -5.08. The SMILES string of the molecule is CN(C(=O)c1cc(C(F)(F)F)cc(C(F)(F)F)c1)C(CCNC(=O)c1ccccn1)Cc1ccccc1. The van der Waals surface area contributed by atoms with E-state index in [4.69, 9.17) is 0 Å². The van der Waals surface area contributed by atoms with Gasteiger partial charge in [0.2, 0.25) is 0 Å². The van der Waals surface area contributed by atoms with E-state index in [9.17, 15) is 35.9 Å². The summed E-state index contributed by atoms with van der Waals surface area (Å²) in [6, 6.07) is 13.8. The smallest absolute Gasteiger partial charge is 0.351 e. The largest absolute Gasteiger partial charge is 0.416 e. The highest BCUT2D eigenvalue weighted by Gasteiger charge is 2.38. The molecule has 1 unspecified atom stereocenters. The maximum atomic E-state index is 13.3. The second-order valence-electron chi connectivity index (χ2n) is 8.31. The van der Waals surface area contributed by atoms with Gasteiger partial charge in [0, 0.05) is 31.4 Å². The van der Waals surface area contributed by atoms with Crippen molar-refractivity contribution in [1.82, 2.24) is 15.2 Å². The number of nitrogens with zero attached hydrogens (tertiary/aromatic N) is 2. The second kappa shape index (κ2) is 11.4. The highest BCUT2D eigenvalue weighted by molar-refractivity contribution is 5.95. The van der Waals surface area contributed by atoms with Crippen molar-refractivity contribution in [1.29, 1.82) is 0 Å². The second-order valence-corrected chi connectivity index (χ2v) is 8.31. The van der Waals surface area contributed by atoms with Gasteiger partial charge in [0.25, 0.3) is 11.8 Å². The Kier molecular flexibility index (Phi) is 8.57. The van der Waals surface area contributed by atoms with E-state index in [1.165, 1.54) is 19.3 Å². The number of nitrogens with one attached hydrogen (secondary N) is 1. The van der Waals surface area contributed by atoms with Crippen LogP contribution in [0, 0.1) is 0 Å². The van der Waals surface area contributed by atoms with Crippen LogP contribution in [0.4, 0.5) is 26.3 Å². The number of likely N-dealkylation sites (N-methyl/N-ethyl adjacent to an activating group) is 1.